The van der Waals surface area contributed by atoms with Gasteiger partial charge in [0.25, 0.3) is 5.91 Å². The Balaban J connectivity index is 1.74. The third-order valence-corrected chi connectivity index (χ3v) is 3.80. The van der Waals surface area contributed by atoms with Crippen molar-refractivity contribution in [2.45, 2.75) is 24.9 Å². The normalized spacial score (nSPS) is 27.4. The van der Waals surface area contributed by atoms with Crippen LogP contribution < -0.4 is 11.1 Å². The van der Waals surface area contributed by atoms with E-state index in [-0.39, 0.29) is 11.9 Å². The van der Waals surface area contributed by atoms with Crippen LogP contribution >= 0.6 is 0 Å². The molecule has 3 rings (SSSR count). The molecule has 5 heteroatoms. The number of rotatable bonds is 2. The second-order valence-electron chi connectivity index (χ2n) is 5.28. The molecule has 1 atom stereocenters. The molecule has 1 aromatic rings. The molecule has 2 aliphatic rings. The largest absolute Gasteiger partial charge is 0.370 e. The first-order valence-electron chi connectivity index (χ1n) is 6.61. The Bertz CT molecular complexity index is 513. The molecule has 5 nitrogen and oxygen atoms in total. The second-order valence-corrected chi connectivity index (χ2v) is 5.28. The van der Waals surface area contributed by atoms with Gasteiger partial charge < -0.3 is 5.73 Å². The average Bonchev–Trinajstić information content (AvgIpc) is 2.65. The first-order valence-corrected chi connectivity index (χ1v) is 6.61. The number of hydrogen-bond acceptors (Lipinski definition) is 4. The minimum Gasteiger partial charge on any atom is -0.370 e. The van der Waals surface area contributed by atoms with Crippen molar-refractivity contribution >= 4 is 11.9 Å². The molecule has 1 amide bonds. The van der Waals surface area contributed by atoms with E-state index in [0.717, 1.165) is 25.9 Å². The number of carbonyl (C=O) groups is 1. The van der Waals surface area contributed by atoms with E-state index in [2.05, 4.69) is 27.3 Å². The van der Waals surface area contributed by atoms with Crippen molar-refractivity contribution in [3.8, 4) is 0 Å². The summed E-state index contributed by atoms with van der Waals surface area (Å²) in [5.41, 5.74) is 6.23. The molecule has 1 fully saturated rings. The van der Waals surface area contributed by atoms with Crippen LogP contribution in [-0.2, 0) is 11.3 Å². The fourth-order valence-corrected chi connectivity index (χ4v) is 2.92. The van der Waals surface area contributed by atoms with Crippen LogP contribution in [0.3, 0.4) is 0 Å². The van der Waals surface area contributed by atoms with Gasteiger partial charge in [-0.15, -0.1) is 0 Å². The number of hydrogen-bond donors (Lipinski definition) is 2. The van der Waals surface area contributed by atoms with E-state index in [0.29, 0.717) is 6.54 Å². The number of aliphatic imine (C=N–C) groups is 1. The Kier molecular flexibility index (Phi) is 2.98. The lowest BCUT2D eigenvalue weighted by Gasteiger charge is -2.36. The summed E-state index contributed by atoms with van der Waals surface area (Å²) in [7, 11) is 0. The zero-order valence-electron chi connectivity index (χ0n) is 10.8. The van der Waals surface area contributed by atoms with Crippen LogP contribution in [0.4, 0.5) is 0 Å². The molecule has 1 unspecified atom stereocenters. The SMILES string of the molecule is NC1=NC2(CCCN(Cc3ccccc3)C2)C(=O)N1. The van der Waals surface area contributed by atoms with Gasteiger partial charge in [-0.2, -0.15) is 0 Å². The molecule has 100 valence electrons. The highest BCUT2D eigenvalue weighted by Gasteiger charge is 2.45. The minimum absolute atomic E-state index is 0.0530. The monoisotopic (exact) mass is 258 g/mol. The Morgan fingerprint density at radius 1 is 1.37 bits per heavy atom. The Morgan fingerprint density at radius 2 is 2.16 bits per heavy atom. The lowest BCUT2D eigenvalue weighted by Crippen LogP contribution is -2.52. The van der Waals surface area contributed by atoms with Crippen molar-refractivity contribution in [3.63, 3.8) is 0 Å². The van der Waals surface area contributed by atoms with Crippen LogP contribution in [0.25, 0.3) is 0 Å². The Labute approximate surface area is 112 Å². The maximum Gasteiger partial charge on any atom is 0.256 e. The van der Waals surface area contributed by atoms with Gasteiger partial charge in [0.05, 0.1) is 0 Å². The zero-order chi connectivity index (χ0) is 13.3. The van der Waals surface area contributed by atoms with Crippen molar-refractivity contribution in [2.75, 3.05) is 13.1 Å². The standard InChI is InChI=1S/C14H18N4O/c15-13-16-12(19)14(17-13)7-4-8-18(10-14)9-11-5-2-1-3-6-11/h1-3,5-6H,4,7-10H2,(H3,15,16,17,19). The van der Waals surface area contributed by atoms with Crippen LogP contribution in [0.15, 0.2) is 35.3 Å². The van der Waals surface area contributed by atoms with Gasteiger partial charge in [-0.1, -0.05) is 30.3 Å². The third-order valence-electron chi connectivity index (χ3n) is 3.80. The van der Waals surface area contributed by atoms with Gasteiger partial charge in [0.15, 0.2) is 11.5 Å². The molecule has 0 bridgehead atoms. The number of benzene rings is 1. The molecule has 2 aliphatic heterocycles. The van der Waals surface area contributed by atoms with Crippen molar-refractivity contribution in [1.82, 2.24) is 10.2 Å². The predicted octanol–water partition coefficient (Wildman–Crippen LogP) is 0.466. The molecule has 0 saturated carbocycles. The van der Waals surface area contributed by atoms with E-state index in [9.17, 15) is 4.79 Å². The van der Waals surface area contributed by atoms with E-state index >= 15 is 0 Å². The van der Waals surface area contributed by atoms with Gasteiger partial charge in [0, 0.05) is 13.1 Å². The first-order chi connectivity index (χ1) is 9.18. The number of likely N-dealkylation sites (tertiary alicyclic amines) is 1. The van der Waals surface area contributed by atoms with Gasteiger partial charge in [-0.05, 0) is 24.9 Å². The summed E-state index contributed by atoms with van der Waals surface area (Å²) in [6, 6.07) is 10.3. The molecule has 19 heavy (non-hydrogen) atoms. The molecule has 0 aromatic heterocycles. The lowest BCUT2D eigenvalue weighted by atomic mass is 9.89. The summed E-state index contributed by atoms with van der Waals surface area (Å²) in [5.74, 6) is 0.203. The number of carbonyl (C=O) groups excluding carboxylic acids is 1. The highest BCUT2D eigenvalue weighted by molar-refractivity contribution is 6.06. The summed E-state index contributed by atoms with van der Waals surface area (Å²) in [5, 5.41) is 2.62. The zero-order valence-corrected chi connectivity index (χ0v) is 10.8. The topological polar surface area (TPSA) is 70.7 Å². The van der Waals surface area contributed by atoms with E-state index in [1.165, 1.54) is 5.56 Å². The molecule has 0 aliphatic carbocycles. The van der Waals surface area contributed by atoms with Gasteiger partial charge >= 0.3 is 0 Å². The van der Waals surface area contributed by atoms with Crippen LogP contribution in [0.1, 0.15) is 18.4 Å². The molecular formula is C14H18N4O. The summed E-state index contributed by atoms with van der Waals surface area (Å²) in [6.45, 7) is 2.50. The fourth-order valence-electron chi connectivity index (χ4n) is 2.92. The summed E-state index contributed by atoms with van der Waals surface area (Å²) >= 11 is 0. The first kappa shape index (κ1) is 12.2. The molecule has 0 radical (unpaired) electrons. The van der Waals surface area contributed by atoms with Crippen molar-refractivity contribution in [3.05, 3.63) is 35.9 Å². The molecule has 1 saturated heterocycles. The smallest absolute Gasteiger partial charge is 0.256 e. The highest BCUT2D eigenvalue weighted by atomic mass is 16.2. The predicted molar refractivity (Wildman–Crippen MR) is 73.4 cm³/mol. The van der Waals surface area contributed by atoms with Crippen LogP contribution in [0, 0.1) is 0 Å². The average molecular weight is 258 g/mol. The Morgan fingerprint density at radius 3 is 2.84 bits per heavy atom. The van der Waals surface area contributed by atoms with Crippen molar-refractivity contribution in [2.24, 2.45) is 10.7 Å². The summed E-state index contributed by atoms with van der Waals surface area (Å²) < 4.78 is 0. The highest BCUT2D eigenvalue weighted by Crippen LogP contribution is 2.28. The third kappa shape index (κ3) is 2.33. The molecular weight excluding hydrogens is 240 g/mol. The lowest BCUT2D eigenvalue weighted by molar-refractivity contribution is -0.125. The van der Waals surface area contributed by atoms with E-state index in [1.807, 2.05) is 18.2 Å². The van der Waals surface area contributed by atoms with Gasteiger partial charge in [-0.3, -0.25) is 15.0 Å². The van der Waals surface area contributed by atoms with E-state index in [1.54, 1.807) is 0 Å². The minimum atomic E-state index is -0.656. The number of amides is 1. The number of nitrogens with two attached hydrogens (primary N) is 1. The maximum atomic E-state index is 12.0. The van der Waals surface area contributed by atoms with E-state index < -0.39 is 5.54 Å². The number of guanidine groups is 1. The fraction of sp³-hybridized carbons (Fsp3) is 0.429. The van der Waals surface area contributed by atoms with Crippen LogP contribution in [-0.4, -0.2) is 35.4 Å². The quantitative estimate of drug-likeness (QED) is 0.810. The molecule has 1 spiro atoms. The molecule has 1 aromatic carbocycles. The second kappa shape index (κ2) is 4.66. The van der Waals surface area contributed by atoms with Gasteiger partial charge in [0.2, 0.25) is 0 Å². The molecule has 2 heterocycles. The number of nitrogens with one attached hydrogen (secondary N) is 1. The van der Waals surface area contributed by atoms with Crippen LogP contribution in [0.5, 0.6) is 0 Å². The maximum absolute atomic E-state index is 12.0. The Hall–Kier alpha value is -1.88. The molecule has 3 N–H and O–H groups in total. The number of nitrogens with zero attached hydrogens (tertiary/aromatic N) is 2. The van der Waals surface area contributed by atoms with Crippen LogP contribution in [0.2, 0.25) is 0 Å². The number of piperidine rings is 1. The van der Waals surface area contributed by atoms with Crippen molar-refractivity contribution in [1.29, 1.82) is 0 Å². The van der Waals surface area contributed by atoms with Gasteiger partial charge in [0.1, 0.15) is 0 Å². The van der Waals surface area contributed by atoms with E-state index in [4.69, 9.17) is 5.73 Å². The van der Waals surface area contributed by atoms with Crippen molar-refractivity contribution < 1.29 is 4.79 Å². The summed E-state index contributed by atoms with van der Waals surface area (Å²) in [6.07, 6.45) is 1.75. The summed E-state index contributed by atoms with van der Waals surface area (Å²) in [4.78, 5) is 18.6. The van der Waals surface area contributed by atoms with Gasteiger partial charge in [-0.25, -0.2) is 4.99 Å².